The van der Waals surface area contributed by atoms with Crippen LogP contribution in [0.1, 0.15) is 45.7 Å². The van der Waals surface area contributed by atoms with E-state index in [-0.39, 0.29) is 0 Å². The molecule has 3 aliphatic heterocycles. The molecule has 1 aromatic carbocycles. The van der Waals surface area contributed by atoms with E-state index in [4.69, 9.17) is 19.2 Å². The number of carbonyl (C=O) groups is 2. The smallest absolute Gasteiger partial charge is 0.411 e. The number of esters is 1. The lowest BCUT2D eigenvalue weighted by Crippen LogP contribution is -2.60. The van der Waals surface area contributed by atoms with Crippen molar-refractivity contribution < 1.29 is 23.8 Å². The highest BCUT2D eigenvalue weighted by Gasteiger charge is 2.41. The van der Waals surface area contributed by atoms with E-state index in [2.05, 4.69) is 47.6 Å². The minimum Gasteiger partial charge on any atom is -0.467 e. The summed E-state index contributed by atoms with van der Waals surface area (Å²) in [5, 5.41) is 1.02. The highest BCUT2D eigenvalue weighted by molar-refractivity contribution is 7.21. The molecule has 0 N–H and O–H groups in total. The average Bonchev–Trinajstić information content (AvgIpc) is 2.97. The molecule has 9 nitrogen and oxygen atoms in total. The number of anilines is 1. The number of methoxy groups -OCH3 is 1. The molecule has 41 heavy (non-hydrogen) atoms. The van der Waals surface area contributed by atoms with Crippen LogP contribution >= 0.6 is 11.3 Å². The molecule has 3 heterocycles. The van der Waals surface area contributed by atoms with Gasteiger partial charge < -0.3 is 19.1 Å². The van der Waals surface area contributed by atoms with Crippen LogP contribution in [-0.2, 0) is 31.8 Å². The van der Waals surface area contributed by atoms with Crippen LogP contribution in [0.3, 0.4) is 0 Å². The zero-order valence-electron chi connectivity index (χ0n) is 25.0. The Balaban J connectivity index is 1.59. The van der Waals surface area contributed by atoms with Gasteiger partial charge in [0, 0.05) is 30.9 Å². The maximum absolute atomic E-state index is 12.9. The third-order valence-corrected chi connectivity index (χ3v) is 8.77. The number of piperazine rings is 1. The Morgan fingerprint density at radius 1 is 1.07 bits per heavy atom. The number of amides is 1. The predicted molar refractivity (Wildman–Crippen MR) is 162 cm³/mol. The van der Waals surface area contributed by atoms with E-state index < -0.39 is 23.7 Å². The summed E-state index contributed by atoms with van der Waals surface area (Å²) in [5.41, 5.74) is 5.09. The maximum atomic E-state index is 12.9. The summed E-state index contributed by atoms with van der Waals surface area (Å²) in [4.78, 5) is 36.0. The molecule has 2 fully saturated rings. The number of benzene rings is 2. The molecular weight excluding hydrogens is 540 g/mol. The van der Waals surface area contributed by atoms with Gasteiger partial charge in [0.05, 0.1) is 47.7 Å². The second-order valence-electron chi connectivity index (χ2n) is 11.6. The van der Waals surface area contributed by atoms with Crippen molar-refractivity contribution in [1.82, 2.24) is 14.5 Å². The van der Waals surface area contributed by atoms with Gasteiger partial charge in [0.25, 0.3) is 0 Å². The van der Waals surface area contributed by atoms with Gasteiger partial charge in [-0.1, -0.05) is 13.8 Å². The van der Waals surface area contributed by atoms with E-state index in [1.54, 1.807) is 11.3 Å². The van der Waals surface area contributed by atoms with Gasteiger partial charge in [-0.3, -0.25) is 4.90 Å². The molecule has 1 unspecified atom stereocenters. The number of aryl methyl sites for hydroxylation is 2. The minimum atomic E-state index is -0.758. The molecule has 2 saturated heterocycles. The molecule has 4 aliphatic rings. The monoisotopic (exact) mass is 581 g/mol. The van der Waals surface area contributed by atoms with E-state index in [0.29, 0.717) is 19.6 Å². The molecule has 1 aliphatic carbocycles. The lowest BCUT2D eigenvalue weighted by molar-refractivity contribution is -0.147. The second-order valence-corrected chi connectivity index (χ2v) is 12.7. The molecule has 1 aromatic rings. The number of hydrogen-bond acceptors (Lipinski definition) is 8. The fraction of sp³-hybridized carbons (Fsp3) is 0.548. The van der Waals surface area contributed by atoms with E-state index >= 15 is 0 Å². The molecule has 220 valence electrons. The van der Waals surface area contributed by atoms with Crippen LogP contribution in [0.5, 0.6) is 0 Å². The van der Waals surface area contributed by atoms with Crippen molar-refractivity contribution in [1.29, 1.82) is 0 Å². The van der Waals surface area contributed by atoms with Gasteiger partial charge in [-0.2, -0.15) is 0 Å². The van der Waals surface area contributed by atoms with Gasteiger partial charge in [-0.05, 0) is 56.9 Å². The summed E-state index contributed by atoms with van der Waals surface area (Å²) in [7, 11) is 1.36. The molecule has 10 heteroatoms. The van der Waals surface area contributed by atoms with Crippen molar-refractivity contribution in [2.45, 2.75) is 59.1 Å². The Hall–Kier alpha value is -3.24. The molecular formula is C31H41N4O5S+. The number of hydrogen-bond donors (Lipinski definition) is 0. The first kappa shape index (κ1) is 29.3. The van der Waals surface area contributed by atoms with Gasteiger partial charge in [-0.15, -0.1) is 11.3 Å². The van der Waals surface area contributed by atoms with Crippen molar-refractivity contribution in [3.63, 3.8) is 0 Å². The molecule has 0 saturated carbocycles. The first-order valence-corrected chi connectivity index (χ1v) is 15.3. The molecule has 1 atom stereocenters. The molecule has 0 bridgehead atoms. The van der Waals surface area contributed by atoms with Crippen LogP contribution in [0.25, 0.3) is 20.8 Å². The van der Waals surface area contributed by atoms with Crippen LogP contribution in [0.2, 0.25) is 0 Å². The largest absolute Gasteiger partial charge is 0.467 e. The van der Waals surface area contributed by atoms with E-state index in [0.717, 1.165) is 60.6 Å². The maximum Gasteiger partial charge on any atom is 0.411 e. The Morgan fingerprint density at radius 3 is 2.46 bits per heavy atom. The number of nitrogens with zero attached hydrogens (tertiary/aromatic N) is 4. The Morgan fingerprint density at radius 2 is 1.80 bits per heavy atom. The number of morpholine rings is 1. The van der Waals surface area contributed by atoms with Crippen LogP contribution in [-0.4, -0.2) is 86.6 Å². The number of ether oxygens (including phenoxy) is 3. The highest BCUT2D eigenvalue weighted by atomic mass is 32.1. The van der Waals surface area contributed by atoms with Crippen molar-refractivity contribution in [3.05, 3.63) is 40.7 Å². The number of aromatic nitrogens is 1. The summed E-state index contributed by atoms with van der Waals surface area (Å²) in [6.45, 7) is 14.3. The van der Waals surface area contributed by atoms with Crippen molar-refractivity contribution in [2.75, 3.05) is 57.9 Å². The standard InChI is InChI=1S/C31H41N4O5S/c1-7-20-15-22(33-11-13-39-14-12-33)17-25-27(20)32-28-21(8-2)16-23(18-26(28)41-25)34-9-10-35(24(19-34)29(36)38-6)30(37)40-31(3,4)5/h15-18,24H,7-14,19H2,1-6H3/q+1. The normalized spacial score (nSPS) is 19.5. The van der Waals surface area contributed by atoms with Gasteiger partial charge in [0.1, 0.15) is 5.60 Å². The van der Waals surface area contributed by atoms with Crippen molar-refractivity contribution >= 4 is 39.3 Å². The Kier molecular flexibility index (Phi) is 8.52. The van der Waals surface area contributed by atoms with Gasteiger partial charge >= 0.3 is 12.1 Å². The number of carbonyl (C=O) groups excluding carboxylic acids is 2. The molecule has 0 aromatic heterocycles. The van der Waals surface area contributed by atoms with Crippen molar-refractivity contribution in [2.24, 2.45) is 0 Å². The van der Waals surface area contributed by atoms with Gasteiger partial charge in [0.15, 0.2) is 19.1 Å². The van der Waals surface area contributed by atoms with Gasteiger partial charge in [0.2, 0.25) is 5.36 Å². The van der Waals surface area contributed by atoms with Crippen molar-refractivity contribution in [3.8, 4) is 10.6 Å². The minimum absolute atomic E-state index is 0.327. The lowest BCUT2D eigenvalue weighted by atomic mass is 10.1. The molecule has 5 rings (SSSR count). The summed E-state index contributed by atoms with van der Waals surface area (Å²) >= 11 is 1.77. The quantitative estimate of drug-likeness (QED) is 0.262. The zero-order valence-corrected chi connectivity index (χ0v) is 25.8. The summed E-state index contributed by atoms with van der Waals surface area (Å²) < 4.78 is 19.6. The van der Waals surface area contributed by atoms with Crippen LogP contribution in [0.15, 0.2) is 24.3 Å². The zero-order chi connectivity index (χ0) is 29.3. The van der Waals surface area contributed by atoms with E-state index in [1.807, 2.05) is 20.8 Å². The van der Waals surface area contributed by atoms with Crippen LogP contribution < -0.4 is 14.8 Å². The fourth-order valence-corrected chi connectivity index (χ4v) is 6.70. The lowest BCUT2D eigenvalue weighted by Gasteiger charge is -2.33. The first-order valence-electron chi connectivity index (χ1n) is 14.5. The molecule has 1 amide bonds. The van der Waals surface area contributed by atoms with Crippen LogP contribution in [0.4, 0.5) is 10.5 Å². The fourth-order valence-electron chi connectivity index (χ4n) is 5.56. The highest BCUT2D eigenvalue weighted by Crippen LogP contribution is 2.36. The van der Waals surface area contributed by atoms with Gasteiger partial charge in [-0.25, -0.2) is 19.1 Å². The van der Waals surface area contributed by atoms with E-state index in [9.17, 15) is 9.59 Å². The van der Waals surface area contributed by atoms with E-state index in [1.165, 1.54) is 33.5 Å². The average molecular weight is 582 g/mol. The molecule has 0 spiro atoms. The third-order valence-electron chi connectivity index (χ3n) is 7.71. The summed E-state index contributed by atoms with van der Waals surface area (Å²) in [5.74, 6) is -0.449. The Labute approximate surface area is 245 Å². The first-order chi connectivity index (χ1) is 19.6. The number of fused-ring (bicyclic) bond motifs is 2. The third kappa shape index (κ3) is 6.18. The number of rotatable bonds is 4. The SMILES string of the molecule is CCc1cc(=[N+]2CCN(C(=O)OC(C)(C)C)C(C(=O)OC)C2)cc2sc3cc(N4CCOCC4)cc(CC)c3nc1-2. The summed E-state index contributed by atoms with van der Waals surface area (Å²) in [6.07, 6.45) is 1.25. The van der Waals surface area contributed by atoms with Crippen LogP contribution in [0, 0.1) is 0 Å². The summed E-state index contributed by atoms with van der Waals surface area (Å²) in [6, 6.07) is 8.15. The predicted octanol–water partition coefficient (Wildman–Crippen LogP) is 3.93. The topological polar surface area (TPSA) is 84.2 Å². The second kappa shape index (κ2) is 11.9. The molecule has 0 radical (unpaired) electrons. The Bertz CT molecular complexity index is 1490.